The van der Waals surface area contributed by atoms with E-state index in [1.54, 1.807) is 0 Å². The largest absolute Gasteiger partial charge is 0.478 e. The molecule has 114 valence electrons. The highest BCUT2D eigenvalue weighted by Gasteiger charge is 2.40. The molecule has 0 radical (unpaired) electrons. The van der Waals surface area contributed by atoms with E-state index in [1.807, 2.05) is 0 Å². The van der Waals surface area contributed by atoms with Crippen LogP contribution in [0.3, 0.4) is 0 Å². The summed E-state index contributed by atoms with van der Waals surface area (Å²) in [6.45, 7) is -0.529. The number of anilines is 1. The molecule has 0 saturated carbocycles. The van der Waals surface area contributed by atoms with E-state index in [1.165, 1.54) is 0 Å². The lowest BCUT2D eigenvalue weighted by Gasteiger charge is -2.19. The second-order valence-corrected chi connectivity index (χ2v) is 6.33. The van der Waals surface area contributed by atoms with E-state index in [4.69, 9.17) is 10.2 Å². The van der Waals surface area contributed by atoms with E-state index >= 15 is 0 Å². The number of hydrogen-bond donors (Lipinski definition) is 2. The molecule has 1 unspecified atom stereocenters. The second kappa shape index (κ2) is 5.04. The molecule has 7 nitrogen and oxygen atoms in total. The number of carbonyl (C=O) groups is 2. The van der Waals surface area contributed by atoms with E-state index in [2.05, 4.69) is 0 Å². The predicted molar refractivity (Wildman–Crippen MR) is 67.2 cm³/mol. The first-order valence-corrected chi connectivity index (χ1v) is 7.27. The van der Waals surface area contributed by atoms with Gasteiger partial charge in [0.05, 0.1) is 11.3 Å². The fraction of sp³-hybridized carbons (Fsp3) is 0.273. The molecule has 1 fully saturated rings. The van der Waals surface area contributed by atoms with Gasteiger partial charge < -0.3 is 10.0 Å². The van der Waals surface area contributed by atoms with Crippen molar-refractivity contribution in [2.24, 2.45) is 5.14 Å². The highest BCUT2D eigenvalue weighted by atomic mass is 32.2. The molecule has 0 aliphatic carbocycles. The number of halogens is 2. The van der Waals surface area contributed by atoms with Gasteiger partial charge >= 0.3 is 5.97 Å². The first-order valence-electron chi connectivity index (χ1n) is 5.66. The fourth-order valence-electron chi connectivity index (χ4n) is 2.09. The van der Waals surface area contributed by atoms with E-state index in [9.17, 15) is 26.8 Å². The molecule has 0 bridgehead atoms. The van der Waals surface area contributed by atoms with Gasteiger partial charge in [-0.3, -0.25) is 4.79 Å². The van der Waals surface area contributed by atoms with Gasteiger partial charge in [0, 0.05) is 13.0 Å². The number of nitrogens with two attached hydrogens (primary N) is 1. The summed E-state index contributed by atoms with van der Waals surface area (Å²) < 4.78 is 49.6. The van der Waals surface area contributed by atoms with E-state index < -0.39 is 63.0 Å². The molecular formula is C11H10F2N2O5S. The molecule has 1 heterocycles. The van der Waals surface area contributed by atoms with Crippen LogP contribution < -0.4 is 10.0 Å². The molecule has 0 aromatic heterocycles. The standard InChI is InChI=1S/C11H10F2N2O5S/c12-7-2-1-6(11(17)18)10(9(7)13)15-4-5(3-8(15)16)21(14,19)20/h1-2,5H,3-4H2,(H,17,18)(H2,14,19,20). The Morgan fingerprint density at radius 1 is 1.38 bits per heavy atom. The lowest BCUT2D eigenvalue weighted by Crippen LogP contribution is -2.33. The lowest BCUT2D eigenvalue weighted by atomic mass is 10.1. The third kappa shape index (κ3) is 2.72. The van der Waals surface area contributed by atoms with Gasteiger partial charge in [-0.2, -0.15) is 0 Å². The van der Waals surface area contributed by atoms with E-state index in [-0.39, 0.29) is 0 Å². The lowest BCUT2D eigenvalue weighted by molar-refractivity contribution is -0.117. The zero-order valence-corrected chi connectivity index (χ0v) is 11.2. The average molecular weight is 320 g/mol. The van der Waals surface area contributed by atoms with Gasteiger partial charge in [-0.15, -0.1) is 0 Å². The third-order valence-corrected chi connectivity index (χ3v) is 4.37. The number of rotatable bonds is 3. The Kier molecular flexibility index (Phi) is 3.68. The van der Waals surface area contributed by atoms with E-state index in [0.717, 1.165) is 6.07 Å². The van der Waals surface area contributed by atoms with Crippen molar-refractivity contribution in [1.82, 2.24) is 0 Å². The summed E-state index contributed by atoms with van der Waals surface area (Å²) in [5.74, 6) is -5.29. The normalized spacial score (nSPS) is 19.1. The van der Waals surface area contributed by atoms with Crippen molar-refractivity contribution in [2.45, 2.75) is 11.7 Å². The number of benzene rings is 1. The molecule has 1 atom stereocenters. The third-order valence-electron chi connectivity index (χ3n) is 3.12. The van der Waals surface area contributed by atoms with Crippen LogP contribution >= 0.6 is 0 Å². The first-order chi connectivity index (χ1) is 9.62. The predicted octanol–water partition coefficient (Wildman–Crippen LogP) is 0.0568. The van der Waals surface area contributed by atoms with Gasteiger partial charge in [0.15, 0.2) is 11.6 Å². The average Bonchev–Trinajstić information content (AvgIpc) is 2.74. The number of aromatic carboxylic acids is 1. The molecule has 1 saturated heterocycles. The van der Waals surface area contributed by atoms with Crippen LogP contribution in [0.2, 0.25) is 0 Å². The highest BCUT2D eigenvalue weighted by Crippen LogP contribution is 2.31. The molecule has 21 heavy (non-hydrogen) atoms. The smallest absolute Gasteiger partial charge is 0.337 e. The fourth-order valence-corrected chi connectivity index (χ4v) is 2.82. The maximum absolute atomic E-state index is 13.9. The summed E-state index contributed by atoms with van der Waals surface area (Å²) >= 11 is 0. The minimum absolute atomic E-state index is 0.520. The molecule has 0 spiro atoms. The number of hydrogen-bond acceptors (Lipinski definition) is 4. The summed E-state index contributed by atoms with van der Waals surface area (Å²) in [5, 5.41) is 12.6. The molecule has 1 aromatic rings. The van der Waals surface area contributed by atoms with Gasteiger partial charge in [-0.05, 0) is 12.1 Å². The minimum Gasteiger partial charge on any atom is -0.478 e. The van der Waals surface area contributed by atoms with Gasteiger partial charge in [-0.1, -0.05) is 0 Å². The summed E-state index contributed by atoms with van der Waals surface area (Å²) in [5.41, 5.74) is -1.43. The Morgan fingerprint density at radius 2 is 2.00 bits per heavy atom. The number of amides is 1. The topological polar surface area (TPSA) is 118 Å². The number of sulfonamides is 1. The van der Waals surface area contributed by atoms with Gasteiger partial charge in [0.25, 0.3) is 0 Å². The zero-order chi connectivity index (χ0) is 15.9. The summed E-state index contributed by atoms with van der Waals surface area (Å²) in [7, 11) is -4.06. The van der Waals surface area contributed by atoms with E-state index in [0.29, 0.717) is 11.0 Å². The number of carboxylic acids is 1. The number of carbonyl (C=O) groups excluding carboxylic acids is 1. The quantitative estimate of drug-likeness (QED) is 0.816. The maximum atomic E-state index is 13.9. The van der Waals surface area contributed by atoms with Crippen molar-refractivity contribution in [3.05, 3.63) is 29.3 Å². The van der Waals surface area contributed by atoms with Crippen LogP contribution in [0.25, 0.3) is 0 Å². The molecule has 3 N–H and O–H groups in total. The zero-order valence-electron chi connectivity index (χ0n) is 10.4. The first kappa shape index (κ1) is 15.3. The SMILES string of the molecule is NS(=O)(=O)C1CC(=O)N(c2c(C(=O)O)ccc(F)c2F)C1. The summed E-state index contributed by atoms with van der Waals surface area (Å²) in [4.78, 5) is 23.4. The van der Waals surface area contributed by atoms with Crippen LogP contribution in [0, 0.1) is 11.6 Å². The maximum Gasteiger partial charge on any atom is 0.337 e. The van der Waals surface area contributed by atoms with Crippen LogP contribution in [-0.4, -0.2) is 37.2 Å². The van der Waals surface area contributed by atoms with Crippen LogP contribution in [-0.2, 0) is 14.8 Å². The molecular weight excluding hydrogens is 310 g/mol. The Hall–Kier alpha value is -2.07. The Morgan fingerprint density at radius 3 is 2.48 bits per heavy atom. The molecule has 2 rings (SSSR count). The number of carboxylic acid groups (broad SMARTS) is 1. The summed E-state index contributed by atoms with van der Waals surface area (Å²) in [6.07, 6.45) is -0.520. The Bertz CT molecular complexity index is 734. The Balaban J connectivity index is 2.55. The van der Waals surface area contributed by atoms with Crippen molar-refractivity contribution in [2.75, 3.05) is 11.4 Å². The van der Waals surface area contributed by atoms with Crippen molar-refractivity contribution >= 4 is 27.6 Å². The molecule has 10 heteroatoms. The van der Waals surface area contributed by atoms with Crippen LogP contribution in [0.5, 0.6) is 0 Å². The molecule has 1 aliphatic heterocycles. The monoisotopic (exact) mass is 320 g/mol. The van der Waals surface area contributed by atoms with Gasteiger partial charge in [-0.25, -0.2) is 27.1 Å². The number of primary sulfonamides is 1. The van der Waals surface area contributed by atoms with Crippen molar-refractivity contribution in [1.29, 1.82) is 0 Å². The van der Waals surface area contributed by atoms with Gasteiger partial charge in [0.1, 0.15) is 5.25 Å². The van der Waals surface area contributed by atoms with Crippen molar-refractivity contribution in [3.8, 4) is 0 Å². The highest BCUT2D eigenvalue weighted by molar-refractivity contribution is 7.89. The van der Waals surface area contributed by atoms with Crippen molar-refractivity contribution < 1.29 is 31.9 Å². The minimum atomic E-state index is -4.06. The molecule has 1 aliphatic rings. The van der Waals surface area contributed by atoms with Gasteiger partial charge in [0.2, 0.25) is 15.9 Å². The van der Waals surface area contributed by atoms with Crippen LogP contribution in [0.4, 0.5) is 14.5 Å². The Labute approximate surface area is 118 Å². The summed E-state index contributed by atoms with van der Waals surface area (Å²) in [6, 6.07) is 1.41. The molecule has 1 amide bonds. The van der Waals surface area contributed by atoms with Crippen molar-refractivity contribution in [3.63, 3.8) is 0 Å². The number of nitrogens with zero attached hydrogens (tertiary/aromatic N) is 1. The van der Waals surface area contributed by atoms with Crippen LogP contribution in [0.1, 0.15) is 16.8 Å². The second-order valence-electron chi connectivity index (χ2n) is 4.48. The molecule has 1 aromatic carbocycles. The van der Waals surface area contributed by atoms with Crippen LogP contribution in [0.15, 0.2) is 12.1 Å².